The number of nitrogens with one attached hydrogen (secondary N) is 1. The van der Waals surface area contributed by atoms with Crippen LogP contribution in [0, 0.1) is 6.92 Å². The van der Waals surface area contributed by atoms with Crippen LogP contribution in [0.1, 0.15) is 26.6 Å². The minimum absolute atomic E-state index is 0.129. The minimum Gasteiger partial charge on any atom is -0.476 e. The normalized spacial score (nSPS) is 10.1. The number of carboxylic acids is 1. The average Bonchev–Trinajstić information content (AvgIpc) is 2.76. The first kappa shape index (κ1) is 11.7. The molecule has 0 bridgehead atoms. The highest BCUT2D eigenvalue weighted by atomic mass is 16.5. The highest BCUT2D eigenvalue weighted by molar-refractivity contribution is 6.06. The van der Waals surface area contributed by atoms with E-state index in [1.807, 2.05) is 0 Å². The molecule has 0 atom stereocenters. The van der Waals surface area contributed by atoms with E-state index in [4.69, 9.17) is 9.63 Å². The maximum absolute atomic E-state index is 11.8. The molecule has 0 saturated carbocycles. The topological polar surface area (TPSA) is 118 Å². The van der Waals surface area contributed by atoms with Crippen molar-refractivity contribution in [2.24, 2.45) is 0 Å². The van der Waals surface area contributed by atoms with Gasteiger partial charge in [-0.25, -0.2) is 14.8 Å². The highest BCUT2D eigenvalue weighted by Crippen LogP contribution is 2.12. The first-order valence-electron chi connectivity index (χ1n) is 4.86. The molecule has 0 unspecified atom stereocenters. The van der Waals surface area contributed by atoms with E-state index in [1.165, 1.54) is 18.6 Å². The molecule has 2 heterocycles. The van der Waals surface area contributed by atoms with Gasteiger partial charge >= 0.3 is 5.97 Å². The van der Waals surface area contributed by atoms with Gasteiger partial charge in [0.1, 0.15) is 11.3 Å². The van der Waals surface area contributed by atoms with Crippen molar-refractivity contribution in [2.45, 2.75) is 6.92 Å². The van der Waals surface area contributed by atoms with Crippen molar-refractivity contribution in [3.8, 4) is 0 Å². The molecule has 0 fully saturated rings. The van der Waals surface area contributed by atoms with Crippen molar-refractivity contribution >= 4 is 17.7 Å². The maximum atomic E-state index is 11.8. The van der Waals surface area contributed by atoms with Crippen LogP contribution in [0.3, 0.4) is 0 Å². The predicted molar refractivity (Wildman–Crippen MR) is 58.2 cm³/mol. The average molecular weight is 248 g/mol. The van der Waals surface area contributed by atoms with Crippen LogP contribution < -0.4 is 5.32 Å². The second kappa shape index (κ2) is 4.62. The van der Waals surface area contributed by atoms with Gasteiger partial charge in [0.25, 0.3) is 5.91 Å². The van der Waals surface area contributed by atoms with Gasteiger partial charge in [0.05, 0.1) is 6.20 Å². The third kappa shape index (κ3) is 2.17. The molecule has 2 rings (SSSR count). The summed E-state index contributed by atoms with van der Waals surface area (Å²) in [5.74, 6) is -1.64. The molecule has 0 aliphatic heterocycles. The molecule has 0 spiro atoms. The van der Waals surface area contributed by atoms with E-state index in [-0.39, 0.29) is 17.1 Å². The lowest BCUT2D eigenvalue weighted by atomic mass is 10.2. The molecule has 0 radical (unpaired) electrons. The van der Waals surface area contributed by atoms with E-state index in [9.17, 15) is 9.59 Å². The molecule has 0 aliphatic rings. The van der Waals surface area contributed by atoms with E-state index < -0.39 is 11.9 Å². The molecule has 8 heteroatoms. The minimum atomic E-state index is -1.28. The third-order valence-electron chi connectivity index (χ3n) is 2.13. The molecule has 8 nitrogen and oxygen atoms in total. The number of anilines is 1. The van der Waals surface area contributed by atoms with Crippen LogP contribution in [0.5, 0.6) is 0 Å². The van der Waals surface area contributed by atoms with Crippen LogP contribution >= 0.6 is 0 Å². The summed E-state index contributed by atoms with van der Waals surface area (Å²) in [6.45, 7) is 1.57. The maximum Gasteiger partial charge on any atom is 0.358 e. The number of carboxylic acid groups (broad SMARTS) is 1. The van der Waals surface area contributed by atoms with E-state index in [2.05, 4.69) is 20.4 Å². The molecule has 18 heavy (non-hydrogen) atoms. The fourth-order valence-corrected chi connectivity index (χ4v) is 1.28. The molecule has 2 aromatic rings. The number of hydrogen-bond donors (Lipinski definition) is 2. The van der Waals surface area contributed by atoms with Gasteiger partial charge in [-0.1, -0.05) is 5.16 Å². The second-order valence-electron chi connectivity index (χ2n) is 3.31. The SMILES string of the molecule is Cc1oncc1C(=O)Nc1nccnc1C(=O)O. The predicted octanol–water partition coefficient (Wildman–Crippen LogP) is 0.724. The van der Waals surface area contributed by atoms with Gasteiger partial charge in [-0.3, -0.25) is 4.79 Å². The molecule has 92 valence electrons. The number of aromatic nitrogens is 3. The van der Waals surface area contributed by atoms with Gasteiger partial charge in [0.2, 0.25) is 0 Å². The van der Waals surface area contributed by atoms with Crippen LogP contribution in [0.2, 0.25) is 0 Å². The number of aromatic carboxylic acids is 1. The van der Waals surface area contributed by atoms with Gasteiger partial charge < -0.3 is 14.9 Å². The lowest BCUT2D eigenvalue weighted by Gasteiger charge is -2.04. The molecule has 0 saturated heterocycles. The summed E-state index contributed by atoms with van der Waals surface area (Å²) in [4.78, 5) is 30.0. The number of hydrogen-bond acceptors (Lipinski definition) is 6. The Labute approximate surface area is 101 Å². The van der Waals surface area contributed by atoms with Gasteiger partial charge in [-0.15, -0.1) is 0 Å². The van der Waals surface area contributed by atoms with Crippen LogP contribution in [-0.2, 0) is 0 Å². The standard InChI is InChI=1S/C10H8N4O4/c1-5-6(4-13-18-5)9(15)14-8-7(10(16)17)11-2-3-12-8/h2-4H,1H3,(H,16,17)(H,12,14,15). The number of amides is 1. The molecule has 1 amide bonds. The Morgan fingerprint density at radius 3 is 2.67 bits per heavy atom. The van der Waals surface area contributed by atoms with E-state index in [0.717, 1.165) is 0 Å². The van der Waals surface area contributed by atoms with E-state index in [1.54, 1.807) is 6.92 Å². The fourth-order valence-electron chi connectivity index (χ4n) is 1.28. The molecular formula is C10H8N4O4. The summed E-state index contributed by atoms with van der Waals surface area (Å²) in [6, 6.07) is 0. The lowest BCUT2D eigenvalue weighted by Crippen LogP contribution is -2.17. The van der Waals surface area contributed by atoms with Crippen molar-refractivity contribution in [3.63, 3.8) is 0 Å². The molecule has 2 N–H and O–H groups in total. The van der Waals surface area contributed by atoms with Crippen LogP contribution in [-0.4, -0.2) is 32.1 Å². The van der Waals surface area contributed by atoms with Gasteiger partial charge in [0, 0.05) is 12.4 Å². The van der Waals surface area contributed by atoms with Crippen LogP contribution in [0.15, 0.2) is 23.1 Å². The van der Waals surface area contributed by atoms with Gasteiger partial charge in [-0.2, -0.15) is 0 Å². The first-order valence-corrected chi connectivity index (χ1v) is 4.86. The first-order chi connectivity index (χ1) is 8.59. The Balaban J connectivity index is 2.28. The van der Waals surface area contributed by atoms with Crippen LogP contribution in [0.4, 0.5) is 5.82 Å². The number of nitrogens with zero attached hydrogens (tertiary/aromatic N) is 3. The third-order valence-corrected chi connectivity index (χ3v) is 2.13. The van der Waals surface area contributed by atoms with Gasteiger partial charge in [0.15, 0.2) is 11.5 Å². The summed E-state index contributed by atoms with van der Waals surface area (Å²) in [7, 11) is 0. The molecule has 0 aliphatic carbocycles. The van der Waals surface area contributed by atoms with Crippen molar-refractivity contribution in [2.75, 3.05) is 5.32 Å². The van der Waals surface area contributed by atoms with Crippen LogP contribution in [0.25, 0.3) is 0 Å². The zero-order chi connectivity index (χ0) is 13.1. The Morgan fingerprint density at radius 1 is 1.33 bits per heavy atom. The summed E-state index contributed by atoms with van der Waals surface area (Å²) < 4.78 is 4.74. The number of carbonyl (C=O) groups excluding carboxylic acids is 1. The Morgan fingerprint density at radius 2 is 2.06 bits per heavy atom. The van der Waals surface area contributed by atoms with Crippen molar-refractivity contribution < 1.29 is 19.2 Å². The van der Waals surface area contributed by atoms with Gasteiger partial charge in [-0.05, 0) is 6.92 Å². The Bertz CT molecular complexity index is 607. The fraction of sp³-hybridized carbons (Fsp3) is 0.100. The Kier molecular flexibility index (Phi) is 3.00. The summed E-state index contributed by atoms with van der Waals surface area (Å²) >= 11 is 0. The number of aryl methyl sites for hydroxylation is 1. The highest BCUT2D eigenvalue weighted by Gasteiger charge is 2.18. The van der Waals surface area contributed by atoms with Crippen molar-refractivity contribution in [3.05, 3.63) is 35.6 Å². The monoisotopic (exact) mass is 248 g/mol. The van der Waals surface area contributed by atoms with E-state index in [0.29, 0.717) is 5.76 Å². The summed E-state index contributed by atoms with van der Waals surface area (Å²) in [5, 5.41) is 14.7. The quantitative estimate of drug-likeness (QED) is 0.821. The summed E-state index contributed by atoms with van der Waals surface area (Å²) in [5.41, 5.74) is -0.128. The molecular weight excluding hydrogens is 240 g/mol. The number of carbonyl (C=O) groups is 2. The lowest BCUT2D eigenvalue weighted by molar-refractivity contribution is 0.0691. The van der Waals surface area contributed by atoms with Crippen molar-refractivity contribution in [1.82, 2.24) is 15.1 Å². The zero-order valence-corrected chi connectivity index (χ0v) is 9.25. The van der Waals surface area contributed by atoms with Crippen molar-refractivity contribution in [1.29, 1.82) is 0 Å². The largest absolute Gasteiger partial charge is 0.476 e. The smallest absolute Gasteiger partial charge is 0.358 e. The number of rotatable bonds is 3. The van der Waals surface area contributed by atoms with E-state index >= 15 is 0 Å². The molecule has 0 aromatic carbocycles. The molecule has 2 aromatic heterocycles. The zero-order valence-electron chi connectivity index (χ0n) is 9.25. The summed E-state index contributed by atoms with van der Waals surface area (Å²) in [6.07, 6.45) is 3.74. The second-order valence-corrected chi connectivity index (χ2v) is 3.31. The Hall–Kier alpha value is -2.77.